The molecule has 5 heteroatoms. The van der Waals surface area contributed by atoms with E-state index in [9.17, 15) is 9.90 Å². The molecule has 0 aliphatic heterocycles. The van der Waals surface area contributed by atoms with Crippen LogP contribution < -0.4 is 0 Å². The minimum absolute atomic E-state index is 0.0203. The van der Waals surface area contributed by atoms with E-state index in [4.69, 9.17) is 5.11 Å². The fourth-order valence-electron chi connectivity index (χ4n) is 1.53. The minimum atomic E-state index is -1.08. The van der Waals surface area contributed by atoms with Gasteiger partial charge in [-0.25, -0.2) is 4.79 Å². The molecule has 0 saturated heterocycles. The lowest BCUT2D eigenvalue weighted by atomic mass is 10.1. The van der Waals surface area contributed by atoms with Crippen LogP contribution in [0.15, 0.2) is 30.5 Å². The summed E-state index contributed by atoms with van der Waals surface area (Å²) in [6.07, 6.45) is 1.61. The fraction of sp³-hybridized carbons (Fsp3) is 0.0909. The molecule has 0 saturated carbocycles. The van der Waals surface area contributed by atoms with Gasteiger partial charge in [-0.1, -0.05) is 12.1 Å². The maximum absolute atomic E-state index is 11.0. The lowest BCUT2D eigenvalue weighted by Crippen LogP contribution is -2.00. The Morgan fingerprint density at radius 2 is 2.19 bits per heavy atom. The number of rotatable bonds is 2. The Hall–Kier alpha value is -2.30. The summed E-state index contributed by atoms with van der Waals surface area (Å²) >= 11 is 0. The molecule has 1 aromatic heterocycles. The quantitative estimate of drug-likeness (QED) is 0.800. The third-order valence-corrected chi connectivity index (χ3v) is 2.19. The van der Waals surface area contributed by atoms with Crippen LogP contribution in [0.25, 0.3) is 11.1 Å². The van der Waals surface area contributed by atoms with Crippen molar-refractivity contribution < 1.29 is 15.0 Å². The number of aromatic hydroxyl groups is 1. The molecule has 1 aromatic carbocycles. The van der Waals surface area contributed by atoms with Gasteiger partial charge in [-0.3, -0.25) is 4.68 Å². The molecule has 0 radical (unpaired) electrons. The van der Waals surface area contributed by atoms with Gasteiger partial charge >= 0.3 is 5.97 Å². The van der Waals surface area contributed by atoms with Crippen molar-refractivity contribution in [3.8, 4) is 16.9 Å². The summed E-state index contributed by atoms with van der Waals surface area (Å²) in [7, 11) is 1.65. The van der Waals surface area contributed by atoms with Gasteiger partial charge in [0.15, 0.2) is 5.69 Å². The van der Waals surface area contributed by atoms with Crippen molar-refractivity contribution in [1.82, 2.24) is 9.78 Å². The van der Waals surface area contributed by atoms with Crippen LogP contribution >= 0.6 is 0 Å². The predicted octanol–water partition coefficient (Wildman–Crippen LogP) is 1.49. The summed E-state index contributed by atoms with van der Waals surface area (Å²) in [5.41, 5.74) is 1.10. The van der Waals surface area contributed by atoms with Crippen molar-refractivity contribution >= 4 is 5.97 Å². The van der Waals surface area contributed by atoms with E-state index in [-0.39, 0.29) is 11.4 Å². The van der Waals surface area contributed by atoms with Crippen molar-refractivity contribution in [2.24, 2.45) is 7.05 Å². The number of hydrogen-bond acceptors (Lipinski definition) is 3. The molecule has 16 heavy (non-hydrogen) atoms. The van der Waals surface area contributed by atoms with Gasteiger partial charge in [0, 0.05) is 18.8 Å². The van der Waals surface area contributed by atoms with Gasteiger partial charge in [-0.2, -0.15) is 5.10 Å². The zero-order chi connectivity index (χ0) is 11.7. The molecule has 1 heterocycles. The topological polar surface area (TPSA) is 75.4 Å². The van der Waals surface area contributed by atoms with Crippen LogP contribution in [-0.2, 0) is 7.05 Å². The molecule has 5 nitrogen and oxygen atoms in total. The Labute approximate surface area is 91.6 Å². The molecule has 2 aromatic rings. The molecule has 0 fully saturated rings. The van der Waals surface area contributed by atoms with Gasteiger partial charge in [0.05, 0.1) is 0 Å². The van der Waals surface area contributed by atoms with E-state index in [1.54, 1.807) is 25.4 Å². The summed E-state index contributed by atoms with van der Waals surface area (Å²) in [5, 5.41) is 22.2. The first-order valence-corrected chi connectivity index (χ1v) is 4.64. The standard InChI is InChI=1S/C11H10N2O3/c1-13-6-9(10(12-13)11(15)16)7-3-2-4-8(14)5-7/h2-6,14H,1H3,(H,15,16). The molecule has 0 aliphatic rings. The number of carbonyl (C=O) groups is 1. The second-order valence-electron chi connectivity index (χ2n) is 3.42. The van der Waals surface area contributed by atoms with Crippen LogP contribution in [0.3, 0.4) is 0 Å². The van der Waals surface area contributed by atoms with Crippen molar-refractivity contribution in [3.63, 3.8) is 0 Å². The van der Waals surface area contributed by atoms with E-state index in [0.717, 1.165) is 0 Å². The van der Waals surface area contributed by atoms with Gasteiger partial charge in [-0.05, 0) is 17.7 Å². The van der Waals surface area contributed by atoms with E-state index in [0.29, 0.717) is 11.1 Å². The second-order valence-corrected chi connectivity index (χ2v) is 3.42. The zero-order valence-corrected chi connectivity index (χ0v) is 8.58. The number of benzene rings is 1. The summed E-state index contributed by atoms with van der Waals surface area (Å²) in [5.74, 6) is -0.989. The Morgan fingerprint density at radius 3 is 2.81 bits per heavy atom. The lowest BCUT2D eigenvalue weighted by molar-refractivity contribution is 0.0690. The number of hydrogen-bond donors (Lipinski definition) is 2. The molecule has 0 bridgehead atoms. The number of carboxylic acid groups (broad SMARTS) is 1. The molecule has 0 atom stereocenters. The maximum Gasteiger partial charge on any atom is 0.357 e. The SMILES string of the molecule is Cn1cc(-c2cccc(O)c2)c(C(=O)O)n1. The van der Waals surface area contributed by atoms with Crippen molar-refractivity contribution in [1.29, 1.82) is 0 Å². The normalized spacial score (nSPS) is 10.3. The maximum atomic E-state index is 11.0. The Bertz CT molecular complexity index is 546. The first kappa shape index (κ1) is 10.2. The van der Waals surface area contributed by atoms with Gasteiger partial charge in [0.1, 0.15) is 5.75 Å². The molecular formula is C11H10N2O3. The number of carboxylic acids is 1. The van der Waals surface area contributed by atoms with Crippen molar-refractivity contribution in [2.75, 3.05) is 0 Å². The lowest BCUT2D eigenvalue weighted by Gasteiger charge is -1.99. The molecule has 2 N–H and O–H groups in total. The molecule has 2 rings (SSSR count). The largest absolute Gasteiger partial charge is 0.508 e. The van der Waals surface area contributed by atoms with Crippen molar-refractivity contribution in [3.05, 3.63) is 36.2 Å². The first-order chi connectivity index (χ1) is 7.58. The summed E-state index contributed by atoms with van der Waals surface area (Å²) in [6.45, 7) is 0. The van der Waals surface area contributed by atoms with Crippen LogP contribution in [0.1, 0.15) is 10.5 Å². The second kappa shape index (κ2) is 3.69. The fourth-order valence-corrected chi connectivity index (χ4v) is 1.53. The Morgan fingerprint density at radius 1 is 1.44 bits per heavy atom. The smallest absolute Gasteiger partial charge is 0.357 e. The third-order valence-electron chi connectivity index (χ3n) is 2.19. The number of phenolic OH excluding ortho intramolecular Hbond substituents is 1. The number of phenols is 1. The summed E-state index contributed by atoms with van der Waals surface area (Å²) < 4.78 is 1.43. The summed E-state index contributed by atoms with van der Waals surface area (Å²) in [4.78, 5) is 11.0. The van der Waals surface area contributed by atoms with Crippen LogP contribution in [0.2, 0.25) is 0 Å². The molecular weight excluding hydrogens is 208 g/mol. The van der Waals surface area contributed by atoms with Crippen LogP contribution in [-0.4, -0.2) is 26.0 Å². The number of aromatic carboxylic acids is 1. The van der Waals surface area contributed by atoms with E-state index >= 15 is 0 Å². The van der Waals surface area contributed by atoms with E-state index in [1.807, 2.05) is 0 Å². The van der Waals surface area contributed by atoms with Gasteiger partial charge in [0.2, 0.25) is 0 Å². The van der Waals surface area contributed by atoms with Crippen LogP contribution in [0.4, 0.5) is 0 Å². The average Bonchev–Trinajstić information content (AvgIpc) is 2.60. The number of nitrogens with zero attached hydrogens (tertiary/aromatic N) is 2. The van der Waals surface area contributed by atoms with E-state index < -0.39 is 5.97 Å². The highest BCUT2D eigenvalue weighted by atomic mass is 16.4. The van der Waals surface area contributed by atoms with Crippen LogP contribution in [0, 0.1) is 0 Å². The van der Waals surface area contributed by atoms with Gasteiger partial charge in [0.25, 0.3) is 0 Å². The molecule has 0 unspecified atom stereocenters. The highest BCUT2D eigenvalue weighted by Crippen LogP contribution is 2.25. The van der Waals surface area contributed by atoms with Gasteiger partial charge < -0.3 is 10.2 Å². The molecule has 82 valence electrons. The predicted molar refractivity (Wildman–Crippen MR) is 57.3 cm³/mol. The zero-order valence-electron chi connectivity index (χ0n) is 8.58. The monoisotopic (exact) mass is 218 g/mol. The molecule has 0 aliphatic carbocycles. The van der Waals surface area contributed by atoms with E-state index in [1.165, 1.54) is 16.8 Å². The summed E-state index contributed by atoms with van der Waals surface area (Å²) in [6, 6.07) is 6.41. The third kappa shape index (κ3) is 1.75. The number of aromatic nitrogens is 2. The van der Waals surface area contributed by atoms with E-state index in [2.05, 4.69) is 5.10 Å². The highest BCUT2D eigenvalue weighted by molar-refractivity contribution is 5.93. The molecule has 0 spiro atoms. The Balaban J connectivity index is 2.59. The molecule has 0 amide bonds. The average molecular weight is 218 g/mol. The van der Waals surface area contributed by atoms with Crippen molar-refractivity contribution in [2.45, 2.75) is 0 Å². The van der Waals surface area contributed by atoms with Gasteiger partial charge in [-0.15, -0.1) is 0 Å². The highest BCUT2D eigenvalue weighted by Gasteiger charge is 2.16. The first-order valence-electron chi connectivity index (χ1n) is 4.64. The minimum Gasteiger partial charge on any atom is -0.508 e. The number of aryl methyl sites for hydroxylation is 1. The Kier molecular flexibility index (Phi) is 2.36. The van der Waals surface area contributed by atoms with Crippen LogP contribution in [0.5, 0.6) is 5.75 Å².